The molecule has 0 aliphatic carbocycles. The van der Waals surface area contributed by atoms with Crippen LogP contribution in [0.1, 0.15) is 28.4 Å². The van der Waals surface area contributed by atoms with Gasteiger partial charge in [-0.1, -0.05) is 31.2 Å². The number of ether oxygens (including phenoxy) is 1. The number of nitrogens with zero attached hydrogens (tertiary/aromatic N) is 7. The smallest absolute Gasteiger partial charge is 0.379 e. The number of nitrogens with one attached hydrogen (secondary N) is 1. The molecular formula is C29H35ClF6N8O4Si. The average molecular weight is 737 g/mol. The Morgan fingerprint density at radius 3 is 2.20 bits per heavy atom. The molecule has 1 unspecified atom stereocenters. The molecule has 1 aliphatic rings. The van der Waals surface area contributed by atoms with Crippen molar-refractivity contribution in [2.24, 2.45) is 0 Å². The van der Waals surface area contributed by atoms with E-state index >= 15 is 0 Å². The number of hydrogen-bond donors (Lipinski definition) is 1. The van der Waals surface area contributed by atoms with Gasteiger partial charge in [0.05, 0.1) is 23.0 Å². The summed E-state index contributed by atoms with van der Waals surface area (Å²) < 4.78 is 87.7. The highest BCUT2D eigenvalue weighted by Gasteiger charge is 2.39. The lowest BCUT2D eigenvalue weighted by molar-refractivity contribution is -0.139. The molecule has 1 fully saturated rings. The van der Waals surface area contributed by atoms with Crippen LogP contribution < -0.4 is 21.3 Å². The summed E-state index contributed by atoms with van der Waals surface area (Å²) in [5, 5.41) is 6.14. The average Bonchev–Trinajstić information content (AvgIpc) is 3.00. The van der Waals surface area contributed by atoms with Crippen molar-refractivity contribution in [2.45, 2.75) is 64.3 Å². The van der Waals surface area contributed by atoms with Gasteiger partial charge in [-0.2, -0.15) is 31.4 Å². The highest BCUT2D eigenvalue weighted by molar-refractivity contribution is 6.76. The van der Waals surface area contributed by atoms with Crippen LogP contribution in [-0.4, -0.2) is 82.0 Å². The van der Waals surface area contributed by atoms with Gasteiger partial charge in [0, 0.05) is 72.0 Å². The molecule has 49 heavy (non-hydrogen) atoms. The number of alkyl halides is 6. The minimum absolute atomic E-state index is 0.0328. The molecule has 3 aromatic heterocycles. The van der Waals surface area contributed by atoms with Gasteiger partial charge < -0.3 is 24.4 Å². The summed E-state index contributed by atoms with van der Waals surface area (Å²) in [5.74, 6) is -0.423. The molecule has 1 amide bonds. The Kier molecular flexibility index (Phi) is 11.5. The van der Waals surface area contributed by atoms with E-state index in [1.165, 1.54) is 24.1 Å². The van der Waals surface area contributed by atoms with Gasteiger partial charge in [-0.15, -0.1) is 0 Å². The molecule has 4 rings (SSSR count). The summed E-state index contributed by atoms with van der Waals surface area (Å²) in [6.07, 6.45) is -6.14. The van der Waals surface area contributed by atoms with Crippen LogP contribution in [0.2, 0.25) is 30.7 Å². The molecule has 268 valence electrons. The Morgan fingerprint density at radius 2 is 1.63 bits per heavy atom. The van der Waals surface area contributed by atoms with Gasteiger partial charge in [0.1, 0.15) is 17.3 Å². The van der Waals surface area contributed by atoms with Gasteiger partial charge in [-0.05, 0) is 19.0 Å². The van der Waals surface area contributed by atoms with Crippen molar-refractivity contribution in [1.82, 2.24) is 29.2 Å². The van der Waals surface area contributed by atoms with E-state index in [9.17, 15) is 40.7 Å². The summed E-state index contributed by atoms with van der Waals surface area (Å²) in [5.41, 5.74) is -5.11. The van der Waals surface area contributed by atoms with E-state index in [2.05, 4.69) is 40.0 Å². The number of amides is 1. The van der Waals surface area contributed by atoms with E-state index in [1.54, 1.807) is 4.90 Å². The topological polar surface area (TPSA) is 127 Å². The summed E-state index contributed by atoms with van der Waals surface area (Å²) >= 11 is 6.15. The lowest BCUT2D eigenvalue weighted by Crippen LogP contribution is -2.49. The predicted octanol–water partition coefficient (Wildman–Crippen LogP) is 4.66. The van der Waals surface area contributed by atoms with E-state index in [1.807, 2.05) is 0 Å². The maximum Gasteiger partial charge on any atom is 0.423 e. The normalized spacial score (nSPS) is 15.0. The van der Waals surface area contributed by atoms with Crippen molar-refractivity contribution in [1.29, 1.82) is 0 Å². The van der Waals surface area contributed by atoms with Crippen molar-refractivity contribution in [3.63, 3.8) is 0 Å². The first-order chi connectivity index (χ1) is 22.7. The van der Waals surface area contributed by atoms with Crippen molar-refractivity contribution in [3.8, 4) is 0 Å². The molecule has 0 saturated carbocycles. The number of pyridine rings is 1. The van der Waals surface area contributed by atoms with Crippen LogP contribution in [0, 0.1) is 0 Å². The van der Waals surface area contributed by atoms with Crippen LogP contribution in [0.5, 0.6) is 0 Å². The van der Waals surface area contributed by atoms with Gasteiger partial charge in [0.2, 0.25) is 5.95 Å². The SMILES string of the molecule is CC(Cn1cc(C(=O)N2CCN(c3ncc(C(F)(F)F)cn3)CC2)cc(Cl)c1=O)Nc1cnn(COCC[Si](C)(C)C)c(=O)c1C(F)(F)F. The zero-order chi connectivity index (χ0) is 36.3. The van der Waals surface area contributed by atoms with Crippen LogP contribution in [0.25, 0.3) is 0 Å². The summed E-state index contributed by atoms with van der Waals surface area (Å²) in [7, 11) is -1.47. The maximum absolute atomic E-state index is 14.0. The van der Waals surface area contributed by atoms with Gasteiger partial charge >= 0.3 is 12.4 Å². The number of rotatable bonds is 11. The van der Waals surface area contributed by atoms with Crippen LogP contribution in [0.15, 0.2) is 40.4 Å². The number of hydrogen-bond acceptors (Lipinski definition) is 9. The summed E-state index contributed by atoms with van der Waals surface area (Å²) in [6, 6.07) is 1.06. The van der Waals surface area contributed by atoms with Crippen LogP contribution in [0.4, 0.5) is 38.0 Å². The Morgan fingerprint density at radius 1 is 1.00 bits per heavy atom. The number of piperazine rings is 1. The number of carbonyl (C=O) groups excluding carboxylic acids is 1. The second kappa shape index (κ2) is 14.9. The Labute approximate surface area is 282 Å². The fourth-order valence-corrected chi connectivity index (χ4v) is 5.86. The Hall–Kier alpha value is -3.97. The molecule has 0 spiro atoms. The summed E-state index contributed by atoms with van der Waals surface area (Å²) in [6.45, 7) is 8.11. The third-order valence-electron chi connectivity index (χ3n) is 7.51. The molecule has 0 bridgehead atoms. The van der Waals surface area contributed by atoms with Crippen molar-refractivity contribution < 1.29 is 35.9 Å². The molecular weight excluding hydrogens is 702 g/mol. The van der Waals surface area contributed by atoms with E-state index in [0.717, 1.165) is 16.8 Å². The lowest BCUT2D eigenvalue weighted by Gasteiger charge is -2.34. The van der Waals surface area contributed by atoms with Crippen molar-refractivity contribution >= 4 is 37.2 Å². The number of aromatic nitrogens is 5. The number of carbonyl (C=O) groups is 1. The third kappa shape index (κ3) is 9.81. The van der Waals surface area contributed by atoms with Crippen molar-refractivity contribution in [3.05, 3.63) is 73.3 Å². The Balaban J connectivity index is 1.44. The third-order valence-corrected chi connectivity index (χ3v) is 9.49. The van der Waals surface area contributed by atoms with E-state index in [-0.39, 0.29) is 55.9 Å². The first-order valence-electron chi connectivity index (χ1n) is 15.1. The highest BCUT2D eigenvalue weighted by atomic mass is 35.5. The molecule has 0 aromatic carbocycles. The molecule has 1 N–H and O–H groups in total. The highest BCUT2D eigenvalue weighted by Crippen LogP contribution is 2.32. The largest absolute Gasteiger partial charge is 0.423 e. The minimum atomic E-state index is -5.03. The summed E-state index contributed by atoms with van der Waals surface area (Å²) in [4.78, 5) is 49.6. The zero-order valence-corrected chi connectivity index (χ0v) is 28.8. The molecule has 1 aliphatic heterocycles. The minimum Gasteiger partial charge on any atom is -0.379 e. The second-order valence-corrected chi connectivity index (χ2v) is 18.7. The molecule has 0 radical (unpaired) electrons. The number of anilines is 2. The number of halogens is 7. The monoisotopic (exact) mass is 736 g/mol. The zero-order valence-electron chi connectivity index (χ0n) is 27.0. The first kappa shape index (κ1) is 37.8. The molecule has 1 atom stereocenters. The second-order valence-electron chi connectivity index (χ2n) is 12.7. The van der Waals surface area contributed by atoms with Gasteiger partial charge in [-0.25, -0.2) is 14.6 Å². The Bertz CT molecular complexity index is 1750. The fourth-order valence-electron chi connectivity index (χ4n) is 4.87. The van der Waals surface area contributed by atoms with Gasteiger partial charge in [-0.3, -0.25) is 14.4 Å². The van der Waals surface area contributed by atoms with Crippen LogP contribution in [-0.2, 0) is 30.4 Å². The fraction of sp³-hybridized carbons (Fsp3) is 0.517. The van der Waals surface area contributed by atoms with E-state index in [0.29, 0.717) is 17.1 Å². The van der Waals surface area contributed by atoms with Gasteiger partial charge in [0.15, 0.2) is 0 Å². The quantitative estimate of drug-likeness (QED) is 0.170. The van der Waals surface area contributed by atoms with Gasteiger partial charge in [0.25, 0.3) is 17.0 Å². The maximum atomic E-state index is 14.0. The first-order valence-corrected chi connectivity index (χ1v) is 19.2. The molecule has 12 nitrogen and oxygen atoms in total. The molecule has 4 heterocycles. The van der Waals surface area contributed by atoms with Crippen LogP contribution >= 0.6 is 11.6 Å². The van der Waals surface area contributed by atoms with Crippen LogP contribution in [0.3, 0.4) is 0 Å². The predicted molar refractivity (Wildman–Crippen MR) is 172 cm³/mol. The standard InChI is InChI=1S/C29H35ClF6N8O4Si/c1-18(40-22-14-39-44(17-48-9-10-49(2,3)4)26(47)23(22)29(34,35)36)15-43-16-19(11-21(30)25(43)46)24(45)41-5-7-42(8-6-41)27-37-12-20(13-38-27)28(31,32)33/h11-14,16,18,40H,5-10,15,17H2,1-4H3. The molecule has 3 aromatic rings. The van der Waals surface area contributed by atoms with E-state index < -0.39 is 67.0 Å². The molecule has 20 heteroatoms. The molecule has 1 saturated heterocycles. The van der Waals surface area contributed by atoms with Crippen molar-refractivity contribution in [2.75, 3.05) is 43.0 Å². The lowest BCUT2D eigenvalue weighted by atomic mass is 10.2. The van der Waals surface area contributed by atoms with E-state index in [4.69, 9.17) is 16.3 Å².